The minimum Gasteiger partial charge on any atom is -0.496 e. The lowest BCUT2D eigenvalue weighted by Gasteiger charge is -2.21. The molecule has 1 unspecified atom stereocenters. The predicted octanol–water partition coefficient (Wildman–Crippen LogP) is 3.14. The number of para-hydroxylation sites is 3. The van der Waals surface area contributed by atoms with Crippen LogP contribution in [0.15, 0.2) is 60.9 Å². The van der Waals surface area contributed by atoms with Gasteiger partial charge in [0.25, 0.3) is 0 Å². The maximum absolute atomic E-state index is 12.8. The van der Waals surface area contributed by atoms with E-state index in [2.05, 4.69) is 20.3 Å². The molecule has 2 aromatic carbocycles. The number of imidazole rings is 2. The van der Waals surface area contributed by atoms with Crippen LogP contribution in [-0.2, 0) is 18.3 Å². The number of benzene rings is 2. The number of ether oxygens (including phenoxy) is 1. The van der Waals surface area contributed by atoms with Crippen LogP contribution in [0.2, 0.25) is 0 Å². The van der Waals surface area contributed by atoms with Gasteiger partial charge in [-0.2, -0.15) is 0 Å². The van der Waals surface area contributed by atoms with Gasteiger partial charge in [0.15, 0.2) is 0 Å². The third kappa shape index (κ3) is 3.99. The highest BCUT2D eigenvalue weighted by atomic mass is 16.5. The Morgan fingerprint density at radius 1 is 1.21 bits per heavy atom. The van der Waals surface area contributed by atoms with Crippen molar-refractivity contribution in [3.8, 4) is 5.75 Å². The van der Waals surface area contributed by atoms with Gasteiger partial charge in [-0.15, -0.1) is 0 Å². The lowest BCUT2D eigenvalue weighted by atomic mass is 10.0. The van der Waals surface area contributed by atoms with Crippen molar-refractivity contribution in [1.29, 1.82) is 0 Å². The molecule has 0 fully saturated rings. The van der Waals surface area contributed by atoms with E-state index in [1.54, 1.807) is 13.3 Å². The molecule has 0 aliphatic carbocycles. The summed E-state index contributed by atoms with van der Waals surface area (Å²) in [7, 11) is 3.53. The SMILES string of the molecule is COc1ccccc1C(NC(=O)CCc1nc2ccccc2[nH]1)c1nccn1C. The van der Waals surface area contributed by atoms with E-state index in [1.807, 2.05) is 66.3 Å². The van der Waals surface area contributed by atoms with E-state index in [1.165, 1.54) is 0 Å². The van der Waals surface area contributed by atoms with E-state index < -0.39 is 6.04 Å². The highest BCUT2D eigenvalue weighted by Crippen LogP contribution is 2.29. The third-order valence-electron chi connectivity index (χ3n) is 4.90. The predicted molar refractivity (Wildman–Crippen MR) is 111 cm³/mol. The Balaban J connectivity index is 1.52. The number of hydrogen-bond donors (Lipinski definition) is 2. The monoisotopic (exact) mass is 389 g/mol. The smallest absolute Gasteiger partial charge is 0.221 e. The minimum atomic E-state index is -0.408. The quantitative estimate of drug-likeness (QED) is 0.509. The number of aryl methyl sites for hydroxylation is 2. The van der Waals surface area contributed by atoms with Gasteiger partial charge >= 0.3 is 0 Å². The fourth-order valence-corrected chi connectivity index (χ4v) is 3.43. The Labute approximate surface area is 168 Å². The molecule has 0 bridgehead atoms. The van der Waals surface area contributed by atoms with Crippen LogP contribution in [0.3, 0.4) is 0 Å². The summed E-state index contributed by atoms with van der Waals surface area (Å²) in [6.07, 6.45) is 4.42. The summed E-state index contributed by atoms with van der Waals surface area (Å²) in [4.78, 5) is 25.0. The molecule has 0 aliphatic heterocycles. The number of hydrogen-bond acceptors (Lipinski definition) is 4. The molecule has 0 aliphatic rings. The third-order valence-corrected chi connectivity index (χ3v) is 4.90. The summed E-state index contributed by atoms with van der Waals surface area (Å²) in [5.74, 6) is 2.17. The van der Waals surface area contributed by atoms with Gasteiger partial charge in [0.2, 0.25) is 5.91 Å². The number of rotatable bonds is 7. The van der Waals surface area contributed by atoms with Gasteiger partial charge in [-0.05, 0) is 18.2 Å². The summed E-state index contributed by atoms with van der Waals surface area (Å²) >= 11 is 0. The molecule has 2 heterocycles. The first-order valence-electron chi connectivity index (χ1n) is 9.49. The molecule has 4 rings (SSSR count). The summed E-state index contributed by atoms with van der Waals surface area (Å²) in [6, 6.07) is 15.1. The molecule has 7 nitrogen and oxygen atoms in total. The fraction of sp³-hybridized carbons (Fsp3) is 0.227. The number of carbonyl (C=O) groups excluding carboxylic acids is 1. The highest BCUT2D eigenvalue weighted by molar-refractivity contribution is 5.78. The molecule has 0 saturated carbocycles. The van der Waals surface area contributed by atoms with Gasteiger partial charge in [-0.25, -0.2) is 9.97 Å². The van der Waals surface area contributed by atoms with Crippen molar-refractivity contribution in [3.05, 3.63) is 78.1 Å². The van der Waals surface area contributed by atoms with E-state index in [0.717, 1.165) is 28.2 Å². The first kappa shape index (κ1) is 18.7. The molecule has 0 spiro atoms. The average molecular weight is 389 g/mol. The number of H-pyrrole nitrogens is 1. The Morgan fingerprint density at radius 3 is 2.76 bits per heavy atom. The van der Waals surface area contributed by atoms with Gasteiger partial charge < -0.3 is 19.6 Å². The number of fused-ring (bicyclic) bond motifs is 1. The molecule has 29 heavy (non-hydrogen) atoms. The molecule has 2 aromatic heterocycles. The molecule has 4 aromatic rings. The summed E-state index contributed by atoms with van der Waals surface area (Å²) in [5, 5.41) is 3.11. The molecule has 1 amide bonds. The summed E-state index contributed by atoms with van der Waals surface area (Å²) in [5.41, 5.74) is 2.74. The molecule has 1 atom stereocenters. The van der Waals surface area contributed by atoms with Gasteiger partial charge in [-0.1, -0.05) is 30.3 Å². The van der Waals surface area contributed by atoms with Gasteiger partial charge in [0.1, 0.15) is 23.4 Å². The van der Waals surface area contributed by atoms with Crippen LogP contribution in [0, 0.1) is 0 Å². The summed E-state index contributed by atoms with van der Waals surface area (Å²) < 4.78 is 7.40. The van der Waals surface area contributed by atoms with Gasteiger partial charge in [-0.3, -0.25) is 4.79 Å². The maximum atomic E-state index is 12.8. The molecular weight excluding hydrogens is 366 g/mol. The molecule has 0 saturated heterocycles. The van der Waals surface area contributed by atoms with E-state index >= 15 is 0 Å². The van der Waals surface area contributed by atoms with E-state index in [0.29, 0.717) is 18.6 Å². The first-order valence-corrected chi connectivity index (χ1v) is 9.49. The molecular formula is C22H23N5O2. The highest BCUT2D eigenvalue weighted by Gasteiger charge is 2.23. The number of aromatic amines is 1. The lowest BCUT2D eigenvalue weighted by molar-refractivity contribution is -0.121. The normalized spacial score (nSPS) is 12.1. The van der Waals surface area contributed by atoms with E-state index in [4.69, 9.17) is 4.74 Å². The largest absolute Gasteiger partial charge is 0.496 e. The molecule has 148 valence electrons. The zero-order chi connectivity index (χ0) is 20.2. The minimum absolute atomic E-state index is 0.0793. The Kier molecular flexibility index (Phi) is 5.29. The Bertz CT molecular complexity index is 1100. The van der Waals surface area contributed by atoms with Crippen LogP contribution < -0.4 is 10.1 Å². The number of nitrogens with zero attached hydrogens (tertiary/aromatic N) is 3. The number of carbonyl (C=O) groups is 1. The maximum Gasteiger partial charge on any atom is 0.221 e. The zero-order valence-electron chi connectivity index (χ0n) is 16.4. The van der Waals surface area contributed by atoms with Crippen molar-refractivity contribution < 1.29 is 9.53 Å². The second-order valence-corrected chi connectivity index (χ2v) is 6.84. The number of nitrogens with one attached hydrogen (secondary N) is 2. The van der Waals surface area contributed by atoms with Crippen LogP contribution in [0.5, 0.6) is 5.75 Å². The number of methoxy groups -OCH3 is 1. The van der Waals surface area contributed by atoms with Gasteiger partial charge in [0, 0.05) is 37.8 Å². The van der Waals surface area contributed by atoms with Crippen LogP contribution in [0.1, 0.15) is 29.7 Å². The fourth-order valence-electron chi connectivity index (χ4n) is 3.43. The van der Waals surface area contributed by atoms with E-state index in [-0.39, 0.29) is 5.91 Å². The van der Waals surface area contributed by atoms with Crippen LogP contribution >= 0.6 is 0 Å². The topological polar surface area (TPSA) is 84.8 Å². The number of aromatic nitrogens is 4. The molecule has 0 radical (unpaired) electrons. The van der Waals surface area contributed by atoms with Crippen LogP contribution in [0.25, 0.3) is 11.0 Å². The zero-order valence-corrected chi connectivity index (χ0v) is 16.4. The van der Waals surface area contributed by atoms with Crippen LogP contribution in [0.4, 0.5) is 0 Å². The lowest BCUT2D eigenvalue weighted by Crippen LogP contribution is -2.31. The second-order valence-electron chi connectivity index (χ2n) is 6.84. The Hall–Kier alpha value is -3.61. The average Bonchev–Trinajstić information content (AvgIpc) is 3.36. The molecule has 7 heteroatoms. The van der Waals surface area contributed by atoms with Gasteiger partial charge in [0.05, 0.1) is 18.1 Å². The van der Waals surface area contributed by atoms with Crippen LogP contribution in [-0.4, -0.2) is 32.5 Å². The molecule has 2 N–H and O–H groups in total. The standard InChI is InChI=1S/C22H23N5O2/c1-27-14-13-23-22(27)21(15-7-3-6-10-18(15)29-2)26-20(28)12-11-19-24-16-8-4-5-9-17(16)25-19/h3-10,13-14,21H,11-12H2,1-2H3,(H,24,25)(H,26,28). The second kappa shape index (κ2) is 8.18. The van der Waals surface area contributed by atoms with Crippen molar-refractivity contribution in [1.82, 2.24) is 24.8 Å². The van der Waals surface area contributed by atoms with Crippen molar-refractivity contribution in [2.45, 2.75) is 18.9 Å². The number of amides is 1. The van der Waals surface area contributed by atoms with Crippen molar-refractivity contribution in [2.24, 2.45) is 7.05 Å². The Morgan fingerprint density at radius 2 is 2.00 bits per heavy atom. The first-order chi connectivity index (χ1) is 14.2. The summed E-state index contributed by atoms with van der Waals surface area (Å²) in [6.45, 7) is 0. The van der Waals surface area contributed by atoms with Crippen molar-refractivity contribution in [3.63, 3.8) is 0 Å². The van der Waals surface area contributed by atoms with Crippen molar-refractivity contribution in [2.75, 3.05) is 7.11 Å². The van der Waals surface area contributed by atoms with E-state index in [9.17, 15) is 4.79 Å². The van der Waals surface area contributed by atoms with Crippen molar-refractivity contribution >= 4 is 16.9 Å².